The van der Waals surface area contributed by atoms with Crippen LogP contribution in [0.4, 0.5) is 0 Å². The highest BCUT2D eigenvalue weighted by atomic mass is 32.2. The first-order valence-electron chi connectivity index (χ1n) is 9.92. The van der Waals surface area contributed by atoms with Crippen molar-refractivity contribution in [1.82, 2.24) is 15.0 Å². The number of hydrogen-bond acceptors (Lipinski definition) is 9. The molecule has 0 radical (unpaired) electrons. The number of carbonyl (C=O) groups excluding carboxylic acids is 2. The number of aromatic nitrogens is 2. The monoisotopic (exact) mass is 467 g/mol. The molecule has 3 rings (SSSR count). The van der Waals surface area contributed by atoms with E-state index in [0.29, 0.717) is 36.0 Å². The normalized spacial score (nSPS) is 18.5. The maximum absolute atomic E-state index is 12.7. The van der Waals surface area contributed by atoms with Gasteiger partial charge >= 0.3 is 5.97 Å². The van der Waals surface area contributed by atoms with Gasteiger partial charge in [-0.15, -0.1) is 11.8 Å². The van der Waals surface area contributed by atoms with Gasteiger partial charge in [0, 0.05) is 17.5 Å². The predicted octanol–water partition coefficient (Wildman–Crippen LogP) is 2.25. The highest BCUT2D eigenvalue weighted by Gasteiger charge is 2.36. The Kier molecular flexibility index (Phi) is 7.37. The molecule has 0 N–H and O–H groups in total. The number of benzene rings is 1. The Morgan fingerprint density at radius 2 is 2.03 bits per heavy atom. The zero-order valence-corrected chi connectivity index (χ0v) is 19.2. The van der Waals surface area contributed by atoms with E-state index in [1.54, 1.807) is 38.1 Å². The zero-order valence-electron chi connectivity index (χ0n) is 17.6. The first kappa shape index (κ1) is 23.3. The second-order valence-electron chi connectivity index (χ2n) is 7.28. The molecule has 168 valence electrons. The standard InChI is InChI=1S/C20H25N3O6S2/c1-4-23(16-9-10-31(26,27)12-16)19(24)13(2)28-20(25)15-5-7-17(8-6-15)30-11-18-21-14(3)22-29-18/h5-8,13,16H,4,9-12H2,1-3H3/t13-,16-/m0/s1. The highest BCUT2D eigenvalue weighted by Crippen LogP contribution is 2.23. The Labute approximate surface area is 185 Å². The molecule has 1 fully saturated rings. The molecule has 0 aliphatic carbocycles. The summed E-state index contributed by atoms with van der Waals surface area (Å²) in [5.41, 5.74) is 0.323. The van der Waals surface area contributed by atoms with Gasteiger partial charge in [0.1, 0.15) is 0 Å². The van der Waals surface area contributed by atoms with Gasteiger partial charge in [-0.2, -0.15) is 4.98 Å². The highest BCUT2D eigenvalue weighted by molar-refractivity contribution is 7.98. The van der Waals surface area contributed by atoms with Crippen LogP contribution in [-0.4, -0.2) is 65.5 Å². The topological polar surface area (TPSA) is 120 Å². The number of thioether (sulfide) groups is 1. The maximum atomic E-state index is 12.7. The lowest BCUT2D eigenvalue weighted by atomic mass is 10.2. The van der Waals surface area contributed by atoms with Crippen LogP contribution in [0.25, 0.3) is 0 Å². The maximum Gasteiger partial charge on any atom is 0.338 e. The average molecular weight is 468 g/mol. The fraction of sp³-hybridized carbons (Fsp3) is 0.500. The summed E-state index contributed by atoms with van der Waals surface area (Å²) in [6.45, 7) is 5.39. The lowest BCUT2D eigenvalue weighted by molar-refractivity contribution is -0.141. The number of amides is 1. The van der Waals surface area contributed by atoms with Crippen LogP contribution in [0.2, 0.25) is 0 Å². The van der Waals surface area contributed by atoms with Gasteiger partial charge < -0.3 is 14.2 Å². The van der Waals surface area contributed by atoms with Crippen LogP contribution in [0, 0.1) is 6.92 Å². The molecule has 31 heavy (non-hydrogen) atoms. The second kappa shape index (κ2) is 9.82. The molecule has 11 heteroatoms. The molecular weight excluding hydrogens is 442 g/mol. The van der Waals surface area contributed by atoms with Gasteiger partial charge in [-0.1, -0.05) is 5.16 Å². The van der Waals surface area contributed by atoms with Crippen LogP contribution < -0.4 is 0 Å². The van der Waals surface area contributed by atoms with Crippen LogP contribution in [0.5, 0.6) is 0 Å². The molecule has 1 amide bonds. The molecule has 0 bridgehead atoms. The van der Waals surface area contributed by atoms with Crippen molar-refractivity contribution in [2.45, 2.75) is 50.0 Å². The molecule has 1 aromatic heterocycles. The minimum atomic E-state index is -3.12. The molecule has 0 spiro atoms. The molecule has 2 aromatic rings. The van der Waals surface area contributed by atoms with Crippen molar-refractivity contribution in [3.05, 3.63) is 41.5 Å². The SMILES string of the molecule is CCN(C(=O)[C@H](C)OC(=O)c1ccc(SCc2nc(C)no2)cc1)[C@H]1CCS(=O)(=O)C1. The fourth-order valence-corrected chi connectivity index (χ4v) is 5.83. The van der Waals surface area contributed by atoms with Crippen molar-refractivity contribution in [3.8, 4) is 0 Å². The molecule has 1 aromatic carbocycles. The Hall–Kier alpha value is -2.40. The van der Waals surface area contributed by atoms with Gasteiger partial charge in [-0.05, 0) is 51.5 Å². The van der Waals surface area contributed by atoms with Crippen LogP contribution in [0.3, 0.4) is 0 Å². The molecule has 0 unspecified atom stereocenters. The van der Waals surface area contributed by atoms with Crippen molar-refractivity contribution in [2.75, 3.05) is 18.1 Å². The predicted molar refractivity (Wildman–Crippen MR) is 114 cm³/mol. The number of likely N-dealkylation sites (N-methyl/N-ethyl adjacent to an activating group) is 1. The zero-order chi connectivity index (χ0) is 22.6. The third-order valence-corrected chi connectivity index (χ3v) is 7.67. The van der Waals surface area contributed by atoms with Crippen molar-refractivity contribution >= 4 is 33.5 Å². The van der Waals surface area contributed by atoms with Crippen LogP contribution in [0.15, 0.2) is 33.7 Å². The lowest BCUT2D eigenvalue weighted by Crippen LogP contribution is -2.46. The van der Waals surface area contributed by atoms with E-state index < -0.39 is 21.9 Å². The van der Waals surface area contributed by atoms with Gasteiger partial charge in [0.15, 0.2) is 21.8 Å². The van der Waals surface area contributed by atoms with Gasteiger partial charge in [0.25, 0.3) is 5.91 Å². The van der Waals surface area contributed by atoms with Crippen molar-refractivity contribution in [3.63, 3.8) is 0 Å². The number of hydrogen-bond donors (Lipinski definition) is 0. The lowest BCUT2D eigenvalue weighted by Gasteiger charge is -2.29. The summed E-state index contributed by atoms with van der Waals surface area (Å²) in [6, 6.07) is 6.43. The largest absolute Gasteiger partial charge is 0.449 e. The smallest absolute Gasteiger partial charge is 0.338 e. The molecular formula is C20H25N3O6S2. The van der Waals surface area contributed by atoms with Gasteiger partial charge in [0.05, 0.1) is 22.8 Å². The quantitative estimate of drug-likeness (QED) is 0.425. The van der Waals surface area contributed by atoms with Crippen molar-refractivity contribution in [2.24, 2.45) is 0 Å². The molecule has 1 saturated heterocycles. The summed E-state index contributed by atoms with van der Waals surface area (Å²) in [5, 5.41) is 3.74. The van der Waals surface area contributed by atoms with Gasteiger partial charge in [-0.3, -0.25) is 4.79 Å². The Morgan fingerprint density at radius 1 is 1.32 bits per heavy atom. The summed E-state index contributed by atoms with van der Waals surface area (Å²) < 4.78 is 33.9. The number of aryl methyl sites for hydroxylation is 1. The van der Waals surface area contributed by atoms with E-state index in [0.717, 1.165) is 4.90 Å². The summed E-state index contributed by atoms with van der Waals surface area (Å²) in [7, 11) is -3.12. The molecule has 1 aliphatic heterocycles. The van der Waals surface area contributed by atoms with Crippen LogP contribution in [0.1, 0.15) is 42.3 Å². The van der Waals surface area contributed by atoms with Crippen LogP contribution in [-0.2, 0) is 25.1 Å². The number of nitrogens with zero attached hydrogens (tertiary/aromatic N) is 3. The summed E-state index contributed by atoms with van der Waals surface area (Å²) in [5.74, 6) is 0.643. The number of ether oxygens (including phenoxy) is 1. The van der Waals surface area contributed by atoms with E-state index in [2.05, 4.69) is 10.1 Å². The Morgan fingerprint density at radius 3 is 2.58 bits per heavy atom. The molecule has 2 heterocycles. The Bertz CT molecular complexity index is 1040. The third-order valence-electron chi connectivity index (χ3n) is 4.93. The minimum Gasteiger partial charge on any atom is -0.449 e. The van der Waals surface area contributed by atoms with Crippen LogP contribution >= 0.6 is 11.8 Å². The van der Waals surface area contributed by atoms with E-state index in [1.807, 2.05) is 0 Å². The molecule has 9 nitrogen and oxygen atoms in total. The van der Waals surface area contributed by atoms with E-state index >= 15 is 0 Å². The number of sulfone groups is 1. The summed E-state index contributed by atoms with van der Waals surface area (Å²) in [6.07, 6.45) is -0.601. The van der Waals surface area contributed by atoms with Gasteiger partial charge in [0.2, 0.25) is 5.89 Å². The van der Waals surface area contributed by atoms with E-state index in [-0.39, 0.29) is 23.5 Å². The van der Waals surface area contributed by atoms with Crippen molar-refractivity contribution in [1.29, 1.82) is 0 Å². The molecule has 2 atom stereocenters. The molecule has 1 aliphatic rings. The minimum absolute atomic E-state index is 0.0461. The van der Waals surface area contributed by atoms with Gasteiger partial charge in [-0.25, -0.2) is 13.2 Å². The Balaban J connectivity index is 1.55. The summed E-state index contributed by atoms with van der Waals surface area (Å²) >= 11 is 1.49. The first-order valence-corrected chi connectivity index (χ1v) is 12.7. The third kappa shape index (κ3) is 6.07. The summed E-state index contributed by atoms with van der Waals surface area (Å²) in [4.78, 5) is 31.7. The second-order valence-corrected chi connectivity index (χ2v) is 10.6. The first-order chi connectivity index (χ1) is 14.7. The number of carbonyl (C=O) groups is 2. The van der Waals surface area contributed by atoms with E-state index in [1.165, 1.54) is 23.6 Å². The average Bonchev–Trinajstić information content (AvgIpc) is 3.31. The number of rotatable bonds is 8. The van der Waals surface area contributed by atoms with Crippen molar-refractivity contribution < 1.29 is 27.3 Å². The molecule has 0 saturated carbocycles. The number of esters is 1. The fourth-order valence-electron chi connectivity index (χ4n) is 3.36. The van der Waals surface area contributed by atoms with E-state index in [4.69, 9.17) is 9.26 Å². The van der Waals surface area contributed by atoms with E-state index in [9.17, 15) is 18.0 Å².